The van der Waals surface area contributed by atoms with E-state index in [-0.39, 0.29) is 41.9 Å². The summed E-state index contributed by atoms with van der Waals surface area (Å²) in [4.78, 5) is 41.3. The number of amides is 1. The second kappa shape index (κ2) is 10.2. The van der Waals surface area contributed by atoms with Crippen LogP contribution in [0.4, 0.5) is 5.95 Å². The lowest BCUT2D eigenvalue weighted by molar-refractivity contribution is -0.122. The van der Waals surface area contributed by atoms with Gasteiger partial charge in [-0.1, -0.05) is 0 Å². The van der Waals surface area contributed by atoms with Gasteiger partial charge in [-0.2, -0.15) is 4.31 Å². The van der Waals surface area contributed by atoms with Gasteiger partial charge in [0, 0.05) is 56.6 Å². The molecule has 1 amide bonds. The normalized spacial score (nSPS) is 19.1. The van der Waals surface area contributed by atoms with Crippen molar-refractivity contribution in [2.24, 2.45) is 0 Å². The first-order valence-corrected chi connectivity index (χ1v) is 14.0. The van der Waals surface area contributed by atoms with E-state index in [0.29, 0.717) is 41.9 Å². The monoisotopic (exact) mass is 533 g/mol. The number of hydrogen-bond acceptors (Lipinski definition) is 10. The predicted octanol–water partition coefficient (Wildman–Crippen LogP) is 0.363. The van der Waals surface area contributed by atoms with Crippen LogP contribution >= 0.6 is 11.3 Å². The second-order valence-corrected chi connectivity index (χ2v) is 11.8. The SMILES string of the molecule is Cc1sc2ncn(CC(=O)NC[C@@H]3CCCO3)c(=O)c2c1S(=O)(=O)N1CCN(c2ncccn2)CC1. The average molecular weight is 534 g/mol. The van der Waals surface area contributed by atoms with Gasteiger partial charge in [0.05, 0.1) is 17.8 Å². The summed E-state index contributed by atoms with van der Waals surface area (Å²) < 4.78 is 35.4. The minimum Gasteiger partial charge on any atom is -0.376 e. The lowest BCUT2D eigenvalue weighted by Crippen LogP contribution is -2.49. The minimum absolute atomic E-state index is 0.0172. The summed E-state index contributed by atoms with van der Waals surface area (Å²) in [6.45, 7) is 3.80. The molecule has 0 aliphatic carbocycles. The number of anilines is 1. The highest BCUT2D eigenvalue weighted by Gasteiger charge is 2.34. The molecule has 1 N–H and O–H groups in total. The third-order valence-electron chi connectivity index (χ3n) is 6.34. The topological polar surface area (TPSA) is 140 Å². The summed E-state index contributed by atoms with van der Waals surface area (Å²) in [5, 5.41) is 2.81. The van der Waals surface area contributed by atoms with E-state index < -0.39 is 15.6 Å². The van der Waals surface area contributed by atoms with Gasteiger partial charge in [0.15, 0.2) is 0 Å². The number of fused-ring (bicyclic) bond motifs is 1. The van der Waals surface area contributed by atoms with Gasteiger partial charge in [-0.15, -0.1) is 11.3 Å². The van der Waals surface area contributed by atoms with Crippen molar-refractivity contribution >= 4 is 43.4 Å². The molecule has 0 unspecified atom stereocenters. The van der Waals surface area contributed by atoms with Gasteiger partial charge in [0.2, 0.25) is 21.9 Å². The molecule has 0 saturated carbocycles. The number of thiophene rings is 1. The Balaban J connectivity index is 1.36. The predicted molar refractivity (Wildman–Crippen MR) is 134 cm³/mol. The second-order valence-electron chi connectivity index (χ2n) is 8.72. The Morgan fingerprint density at radius 1 is 1.19 bits per heavy atom. The van der Waals surface area contributed by atoms with Crippen LogP contribution in [0.2, 0.25) is 0 Å². The first kappa shape index (κ1) is 24.7. The van der Waals surface area contributed by atoms with Gasteiger partial charge in [0.1, 0.15) is 16.3 Å². The number of sulfonamides is 1. The summed E-state index contributed by atoms with van der Waals surface area (Å²) in [5.74, 6) is 0.195. The summed E-state index contributed by atoms with van der Waals surface area (Å²) in [6, 6.07) is 1.73. The van der Waals surface area contributed by atoms with Crippen LogP contribution in [-0.4, -0.2) is 83.6 Å². The molecular formula is C22H27N7O5S2. The zero-order valence-corrected chi connectivity index (χ0v) is 21.4. The summed E-state index contributed by atoms with van der Waals surface area (Å²) in [5.41, 5.74) is -0.550. The van der Waals surface area contributed by atoms with Crippen LogP contribution in [0, 0.1) is 6.92 Å². The maximum atomic E-state index is 13.7. The minimum atomic E-state index is -3.96. The largest absolute Gasteiger partial charge is 0.376 e. The number of ether oxygens (including phenoxy) is 1. The van der Waals surface area contributed by atoms with Crippen molar-refractivity contribution < 1.29 is 17.9 Å². The fraction of sp³-hybridized carbons (Fsp3) is 0.500. The molecule has 36 heavy (non-hydrogen) atoms. The lowest BCUT2D eigenvalue weighted by Gasteiger charge is -2.33. The average Bonchev–Trinajstić information content (AvgIpc) is 3.53. The van der Waals surface area contributed by atoms with Gasteiger partial charge in [-0.3, -0.25) is 14.2 Å². The van der Waals surface area contributed by atoms with Crippen LogP contribution in [0.3, 0.4) is 0 Å². The van der Waals surface area contributed by atoms with Crippen molar-refractivity contribution in [2.45, 2.75) is 37.3 Å². The molecule has 2 aliphatic rings. The van der Waals surface area contributed by atoms with Crippen LogP contribution < -0.4 is 15.8 Å². The number of aryl methyl sites for hydroxylation is 1. The number of hydrogen-bond donors (Lipinski definition) is 1. The van der Waals surface area contributed by atoms with Gasteiger partial charge < -0.3 is 15.0 Å². The van der Waals surface area contributed by atoms with E-state index in [9.17, 15) is 18.0 Å². The van der Waals surface area contributed by atoms with Gasteiger partial charge in [0.25, 0.3) is 5.56 Å². The van der Waals surface area contributed by atoms with Crippen molar-refractivity contribution in [2.75, 3.05) is 44.2 Å². The number of carbonyl (C=O) groups excluding carboxylic acids is 1. The Bertz CT molecular complexity index is 1410. The summed E-state index contributed by atoms with van der Waals surface area (Å²) in [7, 11) is -3.96. The van der Waals surface area contributed by atoms with Crippen molar-refractivity contribution in [3.63, 3.8) is 0 Å². The molecule has 2 aliphatic heterocycles. The molecule has 5 heterocycles. The maximum absolute atomic E-state index is 13.7. The zero-order valence-electron chi connectivity index (χ0n) is 19.8. The number of nitrogens with zero attached hydrogens (tertiary/aromatic N) is 6. The van der Waals surface area contributed by atoms with Crippen LogP contribution in [0.5, 0.6) is 0 Å². The van der Waals surface area contributed by atoms with Crippen LogP contribution in [0.1, 0.15) is 17.7 Å². The Labute approximate surface area is 212 Å². The van der Waals surface area contributed by atoms with Gasteiger partial charge in [-0.25, -0.2) is 23.4 Å². The maximum Gasteiger partial charge on any atom is 0.263 e. The fourth-order valence-corrected chi connectivity index (χ4v) is 7.58. The molecular weight excluding hydrogens is 506 g/mol. The number of piperazine rings is 1. The molecule has 192 valence electrons. The third-order valence-corrected chi connectivity index (χ3v) is 9.55. The van der Waals surface area contributed by atoms with E-state index in [2.05, 4.69) is 20.3 Å². The molecule has 1 atom stereocenters. The van der Waals surface area contributed by atoms with Crippen molar-refractivity contribution in [3.05, 3.63) is 40.0 Å². The Morgan fingerprint density at radius 3 is 2.64 bits per heavy atom. The molecule has 0 spiro atoms. The molecule has 3 aromatic rings. The molecule has 3 aromatic heterocycles. The van der Waals surface area contributed by atoms with Crippen molar-refractivity contribution in [3.8, 4) is 0 Å². The molecule has 0 aromatic carbocycles. The molecule has 0 bridgehead atoms. The molecule has 5 rings (SSSR count). The highest BCUT2D eigenvalue weighted by atomic mass is 32.2. The number of aromatic nitrogens is 4. The van der Waals surface area contributed by atoms with Crippen LogP contribution in [0.15, 0.2) is 34.5 Å². The van der Waals surface area contributed by atoms with E-state index in [1.54, 1.807) is 25.4 Å². The third kappa shape index (κ3) is 4.85. The van der Waals surface area contributed by atoms with Gasteiger partial charge >= 0.3 is 0 Å². The number of nitrogens with one attached hydrogen (secondary N) is 1. The van der Waals surface area contributed by atoms with E-state index >= 15 is 0 Å². The molecule has 2 fully saturated rings. The molecule has 14 heteroatoms. The molecule has 12 nitrogen and oxygen atoms in total. The fourth-order valence-electron chi connectivity index (χ4n) is 4.49. The van der Waals surface area contributed by atoms with Crippen LogP contribution in [0.25, 0.3) is 10.2 Å². The number of rotatable bonds is 7. The van der Waals surface area contributed by atoms with E-state index in [1.165, 1.54) is 10.6 Å². The van der Waals surface area contributed by atoms with Gasteiger partial charge in [-0.05, 0) is 25.8 Å². The number of carbonyl (C=O) groups is 1. The zero-order chi connectivity index (χ0) is 25.3. The molecule has 0 radical (unpaired) electrons. The first-order valence-electron chi connectivity index (χ1n) is 11.7. The smallest absolute Gasteiger partial charge is 0.263 e. The molecule has 2 saturated heterocycles. The first-order chi connectivity index (χ1) is 17.3. The quantitative estimate of drug-likeness (QED) is 0.456. The Kier molecular flexibility index (Phi) is 7.01. The lowest BCUT2D eigenvalue weighted by atomic mass is 10.2. The Hall–Kier alpha value is -2.94. The summed E-state index contributed by atoms with van der Waals surface area (Å²) >= 11 is 1.16. The Morgan fingerprint density at radius 2 is 1.94 bits per heavy atom. The standard InChI is InChI=1S/C22H27N7O5S2/c1-15-19(36(32,33)29-9-7-27(8-10-29)22-23-5-3-6-24-22)18-20(35-15)26-14-28(21(18)31)13-17(30)25-12-16-4-2-11-34-16/h3,5-6,14,16H,2,4,7-13H2,1H3,(H,25,30)/t16-/m0/s1. The van der Waals surface area contributed by atoms with E-state index in [0.717, 1.165) is 28.7 Å². The van der Waals surface area contributed by atoms with E-state index in [1.807, 2.05) is 4.90 Å². The van der Waals surface area contributed by atoms with Crippen molar-refractivity contribution in [1.82, 2.24) is 29.1 Å². The highest BCUT2D eigenvalue weighted by molar-refractivity contribution is 7.89. The highest BCUT2D eigenvalue weighted by Crippen LogP contribution is 2.33. The van der Waals surface area contributed by atoms with Crippen molar-refractivity contribution in [1.29, 1.82) is 0 Å². The summed E-state index contributed by atoms with van der Waals surface area (Å²) in [6.07, 6.45) is 6.42. The van der Waals surface area contributed by atoms with E-state index in [4.69, 9.17) is 4.74 Å². The van der Waals surface area contributed by atoms with Crippen LogP contribution in [-0.2, 0) is 26.1 Å².